The highest BCUT2D eigenvalue weighted by Crippen LogP contribution is 2.38. The van der Waals surface area contributed by atoms with Gasteiger partial charge in [-0.05, 0) is 37.2 Å². The van der Waals surface area contributed by atoms with Crippen LogP contribution < -0.4 is 14.8 Å². The lowest BCUT2D eigenvalue weighted by Crippen LogP contribution is -2.20. The standard InChI is InChI=1S/C16H14ClF2NO2/c17-11-3-1-4-12(18)15(11)22-14-6-2-5-13(19)16(14)21-10-7-8-20-9-10/h1-6,10,20H,7-9H2. The molecule has 0 radical (unpaired) electrons. The van der Waals surface area contributed by atoms with Gasteiger partial charge < -0.3 is 14.8 Å². The summed E-state index contributed by atoms with van der Waals surface area (Å²) < 4.78 is 39.0. The van der Waals surface area contributed by atoms with Crippen molar-refractivity contribution in [1.29, 1.82) is 0 Å². The Kier molecular flexibility index (Phi) is 4.45. The molecule has 0 aliphatic carbocycles. The molecule has 2 aromatic rings. The van der Waals surface area contributed by atoms with Crippen LogP contribution in [0.1, 0.15) is 6.42 Å². The van der Waals surface area contributed by atoms with Crippen LogP contribution >= 0.6 is 11.6 Å². The molecule has 0 aromatic heterocycles. The van der Waals surface area contributed by atoms with E-state index in [4.69, 9.17) is 21.1 Å². The molecule has 1 atom stereocenters. The van der Waals surface area contributed by atoms with Gasteiger partial charge in [0.2, 0.25) is 0 Å². The molecule has 0 amide bonds. The van der Waals surface area contributed by atoms with Crippen LogP contribution in [-0.4, -0.2) is 19.2 Å². The molecule has 3 nitrogen and oxygen atoms in total. The van der Waals surface area contributed by atoms with Crippen LogP contribution in [0, 0.1) is 11.6 Å². The molecule has 1 aliphatic heterocycles. The lowest BCUT2D eigenvalue weighted by molar-refractivity contribution is 0.205. The van der Waals surface area contributed by atoms with E-state index in [9.17, 15) is 8.78 Å². The van der Waals surface area contributed by atoms with E-state index in [-0.39, 0.29) is 28.4 Å². The van der Waals surface area contributed by atoms with Crippen molar-refractivity contribution < 1.29 is 18.3 Å². The molecule has 0 spiro atoms. The zero-order chi connectivity index (χ0) is 15.5. The first kappa shape index (κ1) is 15.1. The summed E-state index contributed by atoms with van der Waals surface area (Å²) in [5.74, 6) is -1.26. The second-order valence-electron chi connectivity index (χ2n) is 4.95. The third-order valence-corrected chi connectivity index (χ3v) is 3.66. The van der Waals surface area contributed by atoms with Gasteiger partial charge in [-0.3, -0.25) is 0 Å². The number of halogens is 3. The highest BCUT2D eigenvalue weighted by Gasteiger charge is 2.22. The van der Waals surface area contributed by atoms with Crippen LogP contribution in [0.25, 0.3) is 0 Å². The predicted molar refractivity (Wildman–Crippen MR) is 79.8 cm³/mol. The minimum absolute atomic E-state index is 0.0319. The lowest BCUT2D eigenvalue weighted by atomic mass is 10.2. The smallest absolute Gasteiger partial charge is 0.198 e. The van der Waals surface area contributed by atoms with E-state index < -0.39 is 11.6 Å². The third kappa shape index (κ3) is 3.15. The van der Waals surface area contributed by atoms with Crippen molar-refractivity contribution in [3.63, 3.8) is 0 Å². The fourth-order valence-corrected chi connectivity index (χ4v) is 2.47. The summed E-state index contributed by atoms with van der Waals surface area (Å²) in [6.45, 7) is 1.45. The van der Waals surface area contributed by atoms with Gasteiger partial charge in [-0.15, -0.1) is 0 Å². The second-order valence-corrected chi connectivity index (χ2v) is 5.36. The first-order valence-corrected chi connectivity index (χ1v) is 7.30. The maximum absolute atomic E-state index is 14.1. The molecule has 2 aromatic carbocycles. The Morgan fingerprint density at radius 1 is 1.05 bits per heavy atom. The molecule has 0 bridgehead atoms. The summed E-state index contributed by atoms with van der Waals surface area (Å²) in [6, 6.07) is 8.45. The molecule has 116 valence electrons. The van der Waals surface area contributed by atoms with E-state index in [0.717, 1.165) is 13.0 Å². The van der Waals surface area contributed by atoms with Crippen LogP contribution in [0.2, 0.25) is 5.02 Å². The summed E-state index contributed by atoms with van der Waals surface area (Å²) in [5, 5.41) is 3.24. The number of rotatable bonds is 4. The molecule has 3 rings (SSSR count). The highest BCUT2D eigenvalue weighted by molar-refractivity contribution is 6.32. The Hall–Kier alpha value is -1.85. The molecule has 1 aliphatic rings. The molecule has 1 N–H and O–H groups in total. The fourth-order valence-electron chi connectivity index (χ4n) is 2.27. The molecule has 1 saturated heterocycles. The van der Waals surface area contributed by atoms with Gasteiger partial charge in [0, 0.05) is 6.54 Å². The molecule has 6 heteroatoms. The number of hydrogen-bond acceptors (Lipinski definition) is 3. The average Bonchev–Trinajstić information content (AvgIpc) is 2.99. The van der Waals surface area contributed by atoms with Gasteiger partial charge in [0.15, 0.2) is 28.9 Å². The number of hydrogen-bond donors (Lipinski definition) is 1. The molecular formula is C16H14ClF2NO2. The maximum Gasteiger partial charge on any atom is 0.198 e. The van der Waals surface area contributed by atoms with Crippen molar-refractivity contribution in [1.82, 2.24) is 5.32 Å². The number of nitrogens with one attached hydrogen (secondary N) is 1. The Labute approximate surface area is 131 Å². The van der Waals surface area contributed by atoms with Gasteiger partial charge in [-0.25, -0.2) is 8.78 Å². The quantitative estimate of drug-likeness (QED) is 0.916. The Bertz CT molecular complexity index is 655. The summed E-state index contributed by atoms with van der Waals surface area (Å²) >= 11 is 5.93. The van der Waals surface area contributed by atoms with E-state index >= 15 is 0 Å². The fraction of sp³-hybridized carbons (Fsp3) is 0.250. The first-order chi connectivity index (χ1) is 10.6. The number of benzene rings is 2. The molecule has 1 unspecified atom stereocenters. The molecule has 22 heavy (non-hydrogen) atoms. The van der Waals surface area contributed by atoms with Crippen molar-refractivity contribution in [2.24, 2.45) is 0 Å². The minimum Gasteiger partial charge on any atom is -0.482 e. The third-order valence-electron chi connectivity index (χ3n) is 3.36. The molecule has 0 saturated carbocycles. The Morgan fingerprint density at radius 2 is 1.77 bits per heavy atom. The normalized spacial score (nSPS) is 17.5. The van der Waals surface area contributed by atoms with E-state index in [1.165, 1.54) is 36.4 Å². The zero-order valence-electron chi connectivity index (χ0n) is 11.6. The molecule has 1 heterocycles. The maximum atomic E-state index is 14.1. The van der Waals surface area contributed by atoms with Crippen molar-refractivity contribution in [2.75, 3.05) is 13.1 Å². The summed E-state index contributed by atoms with van der Waals surface area (Å²) in [6.07, 6.45) is 0.629. The van der Waals surface area contributed by atoms with Crippen molar-refractivity contribution >= 4 is 11.6 Å². The first-order valence-electron chi connectivity index (χ1n) is 6.93. The van der Waals surface area contributed by atoms with Gasteiger partial charge in [0.25, 0.3) is 0 Å². The minimum atomic E-state index is -0.620. The van der Waals surface area contributed by atoms with Crippen LogP contribution in [-0.2, 0) is 0 Å². The van der Waals surface area contributed by atoms with Crippen LogP contribution in [0.4, 0.5) is 8.78 Å². The number of ether oxygens (including phenoxy) is 2. The van der Waals surface area contributed by atoms with Gasteiger partial charge in [0.05, 0.1) is 5.02 Å². The largest absolute Gasteiger partial charge is 0.482 e. The predicted octanol–water partition coefficient (Wildman–Crippen LogP) is 4.15. The highest BCUT2D eigenvalue weighted by atomic mass is 35.5. The second kappa shape index (κ2) is 6.50. The van der Waals surface area contributed by atoms with E-state index in [2.05, 4.69) is 5.32 Å². The van der Waals surface area contributed by atoms with Gasteiger partial charge in [-0.2, -0.15) is 0 Å². The summed E-state index contributed by atoms with van der Waals surface area (Å²) in [5.41, 5.74) is 0. The van der Waals surface area contributed by atoms with Gasteiger partial charge >= 0.3 is 0 Å². The SMILES string of the molecule is Fc1cccc(Cl)c1Oc1cccc(F)c1OC1CCNC1. The van der Waals surface area contributed by atoms with Crippen LogP contribution in [0.15, 0.2) is 36.4 Å². The Balaban J connectivity index is 1.91. The average molecular weight is 326 g/mol. The summed E-state index contributed by atoms with van der Waals surface area (Å²) in [7, 11) is 0. The number of para-hydroxylation sites is 2. The van der Waals surface area contributed by atoms with Gasteiger partial charge in [-0.1, -0.05) is 23.7 Å². The van der Waals surface area contributed by atoms with E-state index in [0.29, 0.717) is 6.54 Å². The molecular weight excluding hydrogens is 312 g/mol. The van der Waals surface area contributed by atoms with Crippen molar-refractivity contribution in [2.45, 2.75) is 12.5 Å². The molecule has 1 fully saturated rings. The lowest BCUT2D eigenvalue weighted by Gasteiger charge is -2.17. The van der Waals surface area contributed by atoms with Crippen LogP contribution in [0.3, 0.4) is 0 Å². The van der Waals surface area contributed by atoms with Crippen molar-refractivity contribution in [3.8, 4) is 17.2 Å². The monoisotopic (exact) mass is 325 g/mol. The topological polar surface area (TPSA) is 30.5 Å². The Morgan fingerprint density at radius 3 is 2.45 bits per heavy atom. The van der Waals surface area contributed by atoms with Gasteiger partial charge in [0.1, 0.15) is 6.10 Å². The summed E-state index contributed by atoms with van der Waals surface area (Å²) in [4.78, 5) is 0. The van der Waals surface area contributed by atoms with Crippen molar-refractivity contribution in [3.05, 3.63) is 53.1 Å². The zero-order valence-corrected chi connectivity index (χ0v) is 12.4. The van der Waals surface area contributed by atoms with E-state index in [1.807, 2.05) is 0 Å². The van der Waals surface area contributed by atoms with E-state index in [1.54, 1.807) is 0 Å². The van der Waals surface area contributed by atoms with Crippen LogP contribution in [0.5, 0.6) is 17.2 Å².